The van der Waals surface area contributed by atoms with Crippen LogP contribution in [0.2, 0.25) is 0 Å². The number of piperidine rings is 1. The Labute approximate surface area is 157 Å². The minimum absolute atomic E-state index is 0.152. The second-order valence-electron chi connectivity index (χ2n) is 8.88. The highest BCUT2D eigenvalue weighted by molar-refractivity contribution is 5.78. The third kappa shape index (κ3) is 4.33. The molecule has 0 aromatic heterocycles. The van der Waals surface area contributed by atoms with Crippen LogP contribution in [0, 0.1) is 17.3 Å². The van der Waals surface area contributed by atoms with Crippen LogP contribution in [-0.4, -0.2) is 67.2 Å². The minimum Gasteiger partial charge on any atom is -0.450 e. The maximum atomic E-state index is 12.2. The number of hydrogen-bond donors (Lipinski definition) is 1. The molecule has 0 aromatic rings. The lowest BCUT2D eigenvalue weighted by atomic mass is 9.64. The Morgan fingerprint density at radius 3 is 2.50 bits per heavy atom. The average Bonchev–Trinajstić information content (AvgIpc) is 3.04. The second-order valence-corrected chi connectivity index (χ2v) is 8.88. The maximum Gasteiger partial charge on any atom is 0.409 e. The third-order valence-electron chi connectivity index (χ3n) is 6.40. The van der Waals surface area contributed by atoms with Crippen molar-refractivity contribution in [1.29, 1.82) is 0 Å². The fraction of sp³-hybridized carbons (Fsp3) is 0.900. The molecule has 0 aromatic carbocycles. The number of amides is 2. The molecule has 6 nitrogen and oxygen atoms in total. The largest absolute Gasteiger partial charge is 0.450 e. The first-order valence-corrected chi connectivity index (χ1v) is 10.4. The van der Waals surface area contributed by atoms with E-state index in [-0.39, 0.29) is 17.9 Å². The van der Waals surface area contributed by atoms with Crippen molar-refractivity contribution in [2.24, 2.45) is 17.3 Å². The standard InChI is InChI=1S/C20H35N3O3/c1-4-26-19(25)23-10-7-20(14-23)11-17(12-20)22-8-5-16(6-9-22)18(24)21-13-15(2)3/h15-17H,4-14H2,1-3H3,(H,21,24). The lowest BCUT2D eigenvalue weighted by molar-refractivity contribution is -0.127. The first kappa shape index (κ1) is 19.5. The Balaban J connectivity index is 1.39. The van der Waals surface area contributed by atoms with E-state index in [1.54, 1.807) is 0 Å². The molecule has 2 aliphatic heterocycles. The predicted molar refractivity (Wildman–Crippen MR) is 101 cm³/mol. The molecule has 1 aliphatic carbocycles. The van der Waals surface area contributed by atoms with Crippen molar-refractivity contribution in [3.8, 4) is 0 Å². The van der Waals surface area contributed by atoms with Gasteiger partial charge in [0, 0.05) is 31.6 Å². The van der Waals surface area contributed by atoms with Crippen LogP contribution < -0.4 is 5.32 Å². The van der Waals surface area contributed by atoms with Crippen molar-refractivity contribution in [3.05, 3.63) is 0 Å². The summed E-state index contributed by atoms with van der Waals surface area (Å²) in [6, 6.07) is 0.636. The molecule has 2 saturated heterocycles. The van der Waals surface area contributed by atoms with Crippen molar-refractivity contribution in [2.45, 2.75) is 58.9 Å². The third-order valence-corrected chi connectivity index (χ3v) is 6.40. The van der Waals surface area contributed by atoms with Crippen LogP contribution in [0.5, 0.6) is 0 Å². The van der Waals surface area contributed by atoms with E-state index in [0.717, 1.165) is 52.0 Å². The Bertz CT molecular complexity index is 508. The van der Waals surface area contributed by atoms with Crippen LogP contribution >= 0.6 is 0 Å². The number of ether oxygens (including phenoxy) is 1. The molecular weight excluding hydrogens is 330 g/mol. The van der Waals surface area contributed by atoms with Crippen molar-refractivity contribution < 1.29 is 14.3 Å². The van der Waals surface area contributed by atoms with Gasteiger partial charge in [0.2, 0.25) is 5.91 Å². The van der Waals surface area contributed by atoms with E-state index in [1.165, 1.54) is 12.8 Å². The van der Waals surface area contributed by atoms with Gasteiger partial charge in [-0.25, -0.2) is 4.79 Å². The first-order valence-electron chi connectivity index (χ1n) is 10.4. The highest BCUT2D eigenvalue weighted by atomic mass is 16.6. The molecule has 1 saturated carbocycles. The number of nitrogens with zero attached hydrogens (tertiary/aromatic N) is 2. The molecule has 1 N–H and O–H groups in total. The molecule has 2 amide bonds. The average molecular weight is 366 g/mol. The zero-order valence-corrected chi connectivity index (χ0v) is 16.6. The van der Waals surface area contributed by atoms with Crippen LogP contribution in [-0.2, 0) is 9.53 Å². The van der Waals surface area contributed by atoms with Crippen molar-refractivity contribution in [2.75, 3.05) is 39.3 Å². The van der Waals surface area contributed by atoms with Gasteiger partial charge in [0.15, 0.2) is 0 Å². The second kappa shape index (κ2) is 8.15. The summed E-state index contributed by atoms with van der Waals surface area (Å²) >= 11 is 0. The maximum absolute atomic E-state index is 12.2. The fourth-order valence-corrected chi connectivity index (χ4v) is 4.81. The number of carbonyl (C=O) groups is 2. The van der Waals surface area contributed by atoms with Gasteiger partial charge < -0.3 is 19.9 Å². The van der Waals surface area contributed by atoms with Crippen molar-refractivity contribution >= 4 is 12.0 Å². The van der Waals surface area contributed by atoms with Gasteiger partial charge in [-0.05, 0) is 63.5 Å². The van der Waals surface area contributed by atoms with Crippen molar-refractivity contribution in [3.63, 3.8) is 0 Å². The lowest BCUT2D eigenvalue weighted by Crippen LogP contribution is -2.55. The summed E-state index contributed by atoms with van der Waals surface area (Å²) in [5.74, 6) is 0.930. The van der Waals surface area contributed by atoms with Gasteiger partial charge in [0.1, 0.15) is 0 Å². The normalized spacial score (nSPS) is 29.8. The Morgan fingerprint density at radius 1 is 1.19 bits per heavy atom. The van der Waals surface area contributed by atoms with Gasteiger partial charge in [-0.3, -0.25) is 4.79 Å². The Hall–Kier alpha value is -1.30. The zero-order chi connectivity index (χ0) is 18.7. The number of carbonyl (C=O) groups excluding carboxylic acids is 2. The topological polar surface area (TPSA) is 61.9 Å². The first-order chi connectivity index (χ1) is 12.4. The lowest BCUT2D eigenvalue weighted by Gasteiger charge is -2.51. The van der Waals surface area contributed by atoms with Crippen LogP contribution in [0.1, 0.15) is 52.9 Å². The van der Waals surface area contributed by atoms with E-state index < -0.39 is 0 Å². The van der Waals surface area contributed by atoms with Crippen LogP contribution in [0.15, 0.2) is 0 Å². The molecule has 1 spiro atoms. The van der Waals surface area contributed by atoms with Crippen LogP contribution in [0.3, 0.4) is 0 Å². The van der Waals surface area contributed by atoms with E-state index in [1.807, 2.05) is 11.8 Å². The number of nitrogens with one attached hydrogen (secondary N) is 1. The molecule has 148 valence electrons. The van der Waals surface area contributed by atoms with E-state index in [4.69, 9.17) is 4.74 Å². The molecule has 0 bridgehead atoms. The van der Waals surface area contributed by atoms with Crippen molar-refractivity contribution in [1.82, 2.24) is 15.1 Å². The summed E-state index contributed by atoms with van der Waals surface area (Å²) in [6.45, 7) is 11.1. The molecule has 3 aliphatic rings. The summed E-state index contributed by atoms with van der Waals surface area (Å²) in [4.78, 5) is 28.6. The van der Waals surface area contributed by atoms with Crippen LogP contribution in [0.4, 0.5) is 4.79 Å². The molecule has 6 heteroatoms. The molecule has 26 heavy (non-hydrogen) atoms. The molecular formula is C20H35N3O3. The summed E-state index contributed by atoms with van der Waals surface area (Å²) in [5.41, 5.74) is 0.322. The smallest absolute Gasteiger partial charge is 0.409 e. The molecule has 3 rings (SSSR count). The number of likely N-dealkylation sites (tertiary alicyclic amines) is 2. The molecule has 0 unspecified atom stereocenters. The quantitative estimate of drug-likeness (QED) is 0.813. The fourth-order valence-electron chi connectivity index (χ4n) is 4.81. The summed E-state index contributed by atoms with van der Waals surface area (Å²) in [6.07, 6.45) is 5.28. The summed E-state index contributed by atoms with van der Waals surface area (Å²) in [5, 5.41) is 3.08. The van der Waals surface area contributed by atoms with Gasteiger partial charge in [0.25, 0.3) is 0 Å². The number of rotatable bonds is 5. The predicted octanol–water partition coefficient (Wildman–Crippen LogP) is 2.48. The SMILES string of the molecule is CCOC(=O)N1CCC2(CC(N3CCC(C(=O)NCC(C)C)CC3)C2)C1. The monoisotopic (exact) mass is 365 g/mol. The van der Waals surface area contributed by atoms with Gasteiger partial charge >= 0.3 is 6.09 Å². The van der Waals surface area contributed by atoms with Gasteiger partial charge in [-0.1, -0.05) is 13.8 Å². The molecule has 0 radical (unpaired) electrons. The van der Waals surface area contributed by atoms with Gasteiger partial charge in [-0.2, -0.15) is 0 Å². The minimum atomic E-state index is -0.152. The molecule has 3 fully saturated rings. The highest BCUT2D eigenvalue weighted by Crippen LogP contribution is 2.50. The van der Waals surface area contributed by atoms with Gasteiger partial charge in [-0.15, -0.1) is 0 Å². The Morgan fingerprint density at radius 2 is 1.88 bits per heavy atom. The summed E-state index contributed by atoms with van der Waals surface area (Å²) in [7, 11) is 0. The number of hydrogen-bond acceptors (Lipinski definition) is 4. The Kier molecular flexibility index (Phi) is 6.10. The van der Waals surface area contributed by atoms with E-state index >= 15 is 0 Å². The summed E-state index contributed by atoms with van der Waals surface area (Å²) < 4.78 is 5.14. The molecule has 0 atom stereocenters. The van der Waals surface area contributed by atoms with Gasteiger partial charge in [0.05, 0.1) is 6.61 Å². The van der Waals surface area contributed by atoms with E-state index in [9.17, 15) is 9.59 Å². The van der Waals surface area contributed by atoms with E-state index in [0.29, 0.717) is 24.0 Å². The zero-order valence-electron chi connectivity index (χ0n) is 16.6. The van der Waals surface area contributed by atoms with E-state index in [2.05, 4.69) is 24.1 Å². The molecule has 2 heterocycles. The van der Waals surface area contributed by atoms with Crippen LogP contribution in [0.25, 0.3) is 0 Å². The highest BCUT2D eigenvalue weighted by Gasteiger charge is 2.51.